The molecular weight excluding hydrogens is 1080 g/mol. The molecule has 0 aliphatic carbocycles. The number of carbonyl (C=O) groups excluding carboxylic acids is 7. The Hall–Kier alpha value is -5.66. The van der Waals surface area contributed by atoms with Gasteiger partial charge < -0.3 is 99.0 Å². The molecule has 0 bridgehead atoms. The predicted molar refractivity (Wildman–Crippen MR) is 272 cm³/mol. The molecule has 0 aromatic heterocycles. The van der Waals surface area contributed by atoms with Crippen molar-refractivity contribution in [2.24, 2.45) is 47.0 Å². The summed E-state index contributed by atoms with van der Waals surface area (Å²) in [6.07, 6.45) is -24.5. The maximum absolute atomic E-state index is 13.5. The van der Waals surface area contributed by atoms with E-state index in [1.165, 1.54) is 27.7 Å². The summed E-state index contributed by atoms with van der Waals surface area (Å²) in [7, 11) is 0. The van der Waals surface area contributed by atoms with Gasteiger partial charge in [-0.3, -0.25) is 24.0 Å². The number of hydrogen-bond acceptors (Lipinski definition) is 23. The lowest BCUT2D eigenvalue weighted by Crippen LogP contribution is -2.71. The molecule has 4 amide bonds. The van der Waals surface area contributed by atoms with Gasteiger partial charge in [0.1, 0.15) is 18.3 Å². The molecule has 13 unspecified atom stereocenters. The number of carboxylic acid groups (broad SMARTS) is 1. The molecule has 5 aliphatic rings. The van der Waals surface area contributed by atoms with Crippen molar-refractivity contribution in [3.63, 3.8) is 0 Å². The van der Waals surface area contributed by atoms with Gasteiger partial charge in [-0.15, -0.1) is 0 Å². The topological polar surface area (TPSA) is 393 Å². The molecule has 6 rings (SSSR count). The Morgan fingerprint density at radius 1 is 0.593 bits per heavy atom. The molecule has 1 aromatic carbocycles. The summed E-state index contributed by atoms with van der Waals surface area (Å²) in [6.45, 7) is 17.1. The molecule has 5 fully saturated rings. The van der Waals surface area contributed by atoms with Crippen LogP contribution in [0.2, 0.25) is 0 Å². The van der Waals surface area contributed by atoms with Gasteiger partial charge in [-0.2, -0.15) is 0 Å². The number of nitrogens with one attached hydrogen (secondary N) is 2. The molecule has 25 atom stereocenters. The molecule has 1 aromatic rings. The van der Waals surface area contributed by atoms with E-state index in [1.807, 2.05) is 6.92 Å². The van der Waals surface area contributed by atoms with Crippen molar-refractivity contribution in [2.75, 3.05) is 13.2 Å². The number of aliphatic hydroxyl groups excluding tert-OH is 1. The summed E-state index contributed by atoms with van der Waals surface area (Å²) in [5.74, 6) is -9.52. The van der Waals surface area contributed by atoms with Crippen molar-refractivity contribution in [1.29, 1.82) is 0 Å². The summed E-state index contributed by atoms with van der Waals surface area (Å²) in [6, 6.07) is 5.75. The van der Waals surface area contributed by atoms with Crippen LogP contribution in [-0.2, 0) is 90.3 Å². The summed E-state index contributed by atoms with van der Waals surface area (Å²) in [5.41, 5.74) is 8.63. The van der Waals surface area contributed by atoms with Crippen LogP contribution >= 0.6 is 0 Å². The van der Waals surface area contributed by atoms with E-state index in [2.05, 4.69) is 10.6 Å². The predicted octanol–water partition coefficient (Wildman–Crippen LogP) is 0.126. The lowest BCUT2D eigenvalue weighted by atomic mass is 9.83. The second-order valence-corrected chi connectivity index (χ2v) is 21.8. The fraction of sp³-hybridized carbons (Fsp3) is 0.736. The summed E-state index contributed by atoms with van der Waals surface area (Å²) in [5, 5.41) is 38.9. The molecule has 5 saturated heterocycles. The monoisotopic (exact) mass is 1150 g/mol. The maximum atomic E-state index is 13.5. The molecular formula is C53H78N4O24. The fourth-order valence-electron chi connectivity index (χ4n) is 11.1. The summed E-state index contributed by atoms with van der Waals surface area (Å²) < 4.78 is 79.7. The molecule has 28 nitrogen and oxygen atoms in total. The third-order valence-electron chi connectivity index (χ3n) is 15.9. The molecule has 0 saturated carbocycles. The highest BCUT2D eigenvalue weighted by atomic mass is 16.8. The molecule has 9 N–H and O–H groups in total. The Balaban J connectivity index is 1.37. The van der Waals surface area contributed by atoms with Gasteiger partial charge in [-0.1, -0.05) is 59.7 Å². The number of primary amides is 2. The Labute approximate surface area is 467 Å². The largest absolute Gasteiger partial charge is 0.479 e. The van der Waals surface area contributed by atoms with Crippen molar-refractivity contribution in [2.45, 2.75) is 199 Å². The number of ether oxygens (including phenoxy) is 13. The van der Waals surface area contributed by atoms with Crippen molar-refractivity contribution in [3.05, 3.63) is 35.9 Å². The third kappa shape index (κ3) is 15.1. The van der Waals surface area contributed by atoms with Gasteiger partial charge in [-0.25, -0.2) is 14.4 Å². The molecule has 5 heterocycles. The second kappa shape index (κ2) is 27.2. The first-order valence-electron chi connectivity index (χ1n) is 26.8. The molecule has 0 radical (unpaired) electrons. The third-order valence-corrected chi connectivity index (χ3v) is 15.9. The zero-order chi connectivity index (χ0) is 60.1. The Morgan fingerprint density at radius 3 is 1.69 bits per heavy atom. The minimum atomic E-state index is -2.50. The number of rotatable bonds is 19. The van der Waals surface area contributed by atoms with Gasteiger partial charge in [0, 0.05) is 51.4 Å². The van der Waals surface area contributed by atoms with Crippen LogP contribution in [0.3, 0.4) is 0 Å². The number of aliphatic hydroxyl groups is 2. The lowest BCUT2D eigenvalue weighted by molar-refractivity contribution is -0.369. The van der Waals surface area contributed by atoms with Crippen LogP contribution in [0.1, 0.15) is 93.4 Å². The smallest absolute Gasteiger partial charge is 0.404 e. The first kappa shape index (κ1) is 64.5. The second-order valence-electron chi connectivity index (χ2n) is 21.8. The quantitative estimate of drug-likeness (QED) is 0.0715. The van der Waals surface area contributed by atoms with Gasteiger partial charge in [-0.05, 0) is 37.8 Å². The number of nitrogens with two attached hydrogens (primary N) is 2. The number of esters is 3. The Morgan fingerprint density at radius 2 is 1.14 bits per heavy atom. The first-order chi connectivity index (χ1) is 37.9. The van der Waals surface area contributed by atoms with E-state index in [0.717, 1.165) is 6.92 Å². The van der Waals surface area contributed by atoms with E-state index in [-0.39, 0.29) is 18.1 Å². The van der Waals surface area contributed by atoms with Gasteiger partial charge in [0.25, 0.3) is 0 Å². The van der Waals surface area contributed by atoms with Crippen LogP contribution in [-0.4, -0.2) is 193 Å². The Kier molecular flexibility index (Phi) is 21.6. The van der Waals surface area contributed by atoms with Crippen LogP contribution in [0, 0.1) is 35.5 Å². The number of aliphatic carboxylic acids is 1. The van der Waals surface area contributed by atoms with E-state index in [0.29, 0.717) is 0 Å². The van der Waals surface area contributed by atoms with Gasteiger partial charge >= 0.3 is 30.0 Å². The van der Waals surface area contributed by atoms with E-state index in [4.69, 9.17) is 73.0 Å². The molecule has 454 valence electrons. The van der Waals surface area contributed by atoms with Crippen LogP contribution in [0.25, 0.3) is 0 Å². The van der Waals surface area contributed by atoms with Crippen molar-refractivity contribution < 1.29 is 115 Å². The average molecular weight is 1160 g/mol. The molecule has 5 aliphatic heterocycles. The van der Waals surface area contributed by atoms with Crippen molar-refractivity contribution in [3.8, 4) is 0 Å². The fourth-order valence-corrected chi connectivity index (χ4v) is 11.1. The average Bonchev–Trinajstić information content (AvgIpc) is 3.52. The number of carbonyl (C=O) groups is 8. The maximum Gasteiger partial charge on any atom is 0.404 e. The standard InChI is InChI=1S/C53H78N4O24/c1-20-21(2)39(72-30(11)61)50(73-32(20)18-69-29(10)60)70-19-33-37(25(6)35(57-28(9)59)49(74-33)79-41-42(81-52(55)67)53(12,68)43(44(54)62)80-47(41)66)77-48-34(56-27(8)58)24(5)36(26(7)71-48)76-51-40(23(4)22(3)38(78-51)45(63)64)75-46(65)31-16-14-13-15-17-31/h13-17,20-26,32-43,47-51,66,68H,18-19H2,1-12H3,(H2,54,62)(H2,55,67)(H,56,58)(H,57,59)(H,63,64)/t20?,21-,22+,23-,24+,25+,26?,32?,33?,34?,35?,36?,37-,38?,39?,40?,41?,42+,43?,47?,48-,49-,50+,51+,53-/m0/s1. The van der Waals surface area contributed by atoms with Crippen LogP contribution < -0.4 is 22.1 Å². The number of hydrogen-bond donors (Lipinski definition) is 7. The highest BCUT2D eigenvalue weighted by Crippen LogP contribution is 2.42. The van der Waals surface area contributed by atoms with E-state index in [1.54, 1.807) is 71.9 Å². The normalized spacial score (nSPS) is 40.6. The van der Waals surface area contributed by atoms with Crippen molar-refractivity contribution >= 4 is 47.7 Å². The van der Waals surface area contributed by atoms with Gasteiger partial charge in [0.15, 0.2) is 68.1 Å². The highest BCUT2D eigenvalue weighted by Gasteiger charge is 2.60. The van der Waals surface area contributed by atoms with Crippen LogP contribution in [0.5, 0.6) is 0 Å². The van der Waals surface area contributed by atoms with E-state index < -0.39 is 200 Å². The zero-order valence-corrected chi connectivity index (χ0v) is 47.2. The zero-order valence-electron chi connectivity index (χ0n) is 47.2. The number of benzene rings is 1. The molecule has 81 heavy (non-hydrogen) atoms. The summed E-state index contributed by atoms with van der Waals surface area (Å²) >= 11 is 0. The summed E-state index contributed by atoms with van der Waals surface area (Å²) in [4.78, 5) is 102. The highest BCUT2D eigenvalue weighted by molar-refractivity contribution is 5.89. The Bertz CT molecular complexity index is 2400. The minimum Gasteiger partial charge on any atom is -0.479 e. The van der Waals surface area contributed by atoms with E-state index >= 15 is 0 Å². The van der Waals surface area contributed by atoms with Gasteiger partial charge in [0.05, 0.1) is 48.7 Å². The van der Waals surface area contributed by atoms with E-state index in [9.17, 15) is 53.7 Å². The number of carboxylic acids is 1. The lowest BCUT2D eigenvalue weighted by Gasteiger charge is -2.52. The van der Waals surface area contributed by atoms with Gasteiger partial charge in [0.2, 0.25) is 17.7 Å². The first-order valence-corrected chi connectivity index (χ1v) is 26.8. The van der Waals surface area contributed by atoms with Crippen LogP contribution in [0.4, 0.5) is 4.79 Å². The van der Waals surface area contributed by atoms with Crippen molar-refractivity contribution in [1.82, 2.24) is 10.6 Å². The van der Waals surface area contributed by atoms with Crippen LogP contribution in [0.15, 0.2) is 30.3 Å². The minimum absolute atomic E-state index is 0.194. The molecule has 0 spiro atoms. The number of amides is 4. The molecule has 28 heteroatoms. The SMILES string of the molecule is CC(=O)NC1[C@H](O[C@@H]2C(CO[C@@H]3OC(COC(C)=O)C(C)[C@H](C)C3OC(C)=O)O[C@@H](OC3C(O)OC(C(N)=O)[C@@](C)(O)[C@@H]3OC(N)=O)C(NC(C)=O)[C@H]2C)OC(C)C(O[C@@H]2OC(C(=O)O)[C@H](C)[C@H](C)C2OC(=O)c2ccccc2)[C@@H]1C.